The number of hydrogen-bond acceptors (Lipinski definition) is 8. The van der Waals surface area contributed by atoms with E-state index in [9.17, 15) is 22.7 Å². The Bertz CT molecular complexity index is 1280. The Labute approximate surface area is 184 Å². The van der Waals surface area contributed by atoms with Crippen LogP contribution in [0.4, 0.5) is 23.4 Å². The number of halogens is 4. The zero-order valence-electron chi connectivity index (χ0n) is 17.2. The van der Waals surface area contributed by atoms with Crippen LogP contribution >= 0.6 is 0 Å². The van der Waals surface area contributed by atoms with E-state index in [-0.39, 0.29) is 40.5 Å². The highest BCUT2D eigenvalue weighted by atomic mass is 19.3. The Balaban J connectivity index is 1.81. The van der Waals surface area contributed by atoms with E-state index in [1.807, 2.05) is 0 Å². The van der Waals surface area contributed by atoms with Gasteiger partial charge in [0.25, 0.3) is 6.43 Å². The van der Waals surface area contributed by atoms with Crippen molar-refractivity contribution in [1.82, 2.24) is 19.5 Å². The Kier molecular flexibility index (Phi) is 5.76. The van der Waals surface area contributed by atoms with Gasteiger partial charge in [-0.25, -0.2) is 32.5 Å². The molecule has 13 heteroatoms. The topological polar surface area (TPSA) is 137 Å². The Morgan fingerprint density at radius 1 is 1.21 bits per heavy atom. The van der Waals surface area contributed by atoms with Crippen LogP contribution in [0.15, 0.2) is 41.4 Å². The molecule has 0 amide bonds. The summed E-state index contributed by atoms with van der Waals surface area (Å²) in [4.78, 5) is 16.1. The lowest BCUT2D eigenvalue weighted by Gasteiger charge is -2.37. The molecule has 0 bridgehead atoms. The minimum absolute atomic E-state index is 0.0369. The summed E-state index contributed by atoms with van der Waals surface area (Å²) in [6.45, 7) is -0.664. The molecule has 1 unspecified atom stereocenters. The smallest absolute Gasteiger partial charge is 0.266 e. The van der Waals surface area contributed by atoms with Gasteiger partial charge in [-0.05, 0) is 17.7 Å². The summed E-state index contributed by atoms with van der Waals surface area (Å²) in [5.41, 5.74) is 10.4. The van der Waals surface area contributed by atoms with Gasteiger partial charge in [0.1, 0.15) is 23.8 Å². The summed E-state index contributed by atoms with van der Waals surface area (Å²) >= 11 is 0. The predicted molar refractivity (Wildman–Crippen MR) is 111 cm³/mol. The minimum atomic E-state index is -3.18. The third-order valence-electron chi connectivity index (χ3n) is 5.47. The summed E-state index contributed by atoms with van der Waals surface area (Å²) in [6, 6.07) is 1.73. The first-order chi connectivity index (χ1) is 15.7. The van der Waals surface area contributed by atoms with Gasteiger partial charge < -0.3 is 25.9 Å². The average Bonchev–Trinajstić information content (AvgIpc) is 3.20. The molecule has 0 aliphatic carbocycles. The largest absolute Gasteiger partial charge is 0.494 e. The Hall–Kier alpha value is -3.58. The van der Waals surface area contributed by atoms with Crippen molar-refractivity contribution in [2.75, 3.05) is 19.4 Å². The fourth-order valence-electron chi connectivity index (χ4n) is 3.61. The number of ether oxygens (including phenoxy) is 1. The van der Waals surface area contributed by atoms with Crippen LogP contribution in [0.3, 0.4) is 0 Å². The highest BCUT2D eigenvalue weighted by Crippen LogP contribution is 2.31. The lowest BCUT2D eigenvalue weighted by molar-refractivity contribution is -0.0386. The van der Waals surface area contributed by atoms with Gasteiger partial charge in [-0.2, -0.15) is 0 Å². The lowest BCUT2D eigenvalue weighted by atomic mass is 9.81. The Morgan fingerprint density at radius 3 is 2.67 bits per heavy atom. The van der Waals surface area contributed by atoms with Gasteiger partial charge in [-0.3, -0.25) is 4.99 Å². The zero-order valence-corrected chi connectivity index (χ0v) is 17.2. The number of nitrogens with zero attached hydrogens (tertiary/aromatic N) is 5. The van der Waals surface area contributed by atoms with Crippen LogP contribution in [0.1, 0.15) is 5.56 Å². The molecule has 5 N–H and O–H groups in total. The second-order valence-corrected chi connectivity index (χ2v) is 7.46. The van der Waals surface area contributed by atoms with Crippen LogP contribution in [0.25, 0.3) is 11.2 Å². The molecular weight excluding hydrogens is 446 g/mol. The molecule has 2 aromatic heterocycles. The number of allylic oxidation sites excluding steroid dienone is 1. The van der Waals surface area contributed by atoms with Crippen molar-refractivity contribution in [3.8, 4) is 5.75 Å². The fourth-order valence-corrected chi connectivity index (χ4v) is 3.61. The molecule has 3 heterocycles. The van der Waals surface area contributed by atoms with Crippen LogP contribution in [0, 0.1) is 11.6 Å². The zero-order chi connectivity index (χ0) is 23.9. The summed E-state index contributed by atoms with van der Waals surface area (Å²) < 4.78 is 62.0. The number of imidazole rings is 1. The standard InChI is InChI=1S/C20H19F4N7O2/c1-33-14-4-11(21)10(3-12(14)22)13-2-9(20(26,6-27-13)16(32)17(23)24)5-31-8-30-15-18(25)28-7-29-19(15)31/h2-4,7-8,16-17,32H,5-6,26H2,1H3,(H2,25,28,29)/t16-,20?/m0/s1. The number of anilines is 1. The second kappa shape index (κ2) is 8.41. The maximum atomic E-state index is 14.6. The highest BCUT2D eigenvalue weighted by Gasteiger charge is 2.44. The Morgan fingerprint density at radius 2 is 1.97 bits per heavy atom. The van der Waals surface area contributed by atoms with Crippen molar-refractivity contribution >= 4 is 22.7 Å². The van der Waals surface area contributed by atoms with E-state index in [1.165, 1.54) is 30.4 Å². The van der Waals surface area contributed by atoms with Crippen molar-refractivity contribution in [3.05, 3.63) is 53.6 Å². The second-order valence-electron chi connectivity index (χ2n) is 7.46. The predicted octanol–water partition coefficient (Wildman–Crippen LogP) is 1.45. The number of methoxy groups -OCH3 is 1. The normalized spacial score (nSPS) is 19.5. The number of benzene rings is 1. The molecule has 1 aliphatic heterocycles. The number of aliphatic hydroxyl groups excluding tert-OH is 1. The molecule has 1 aromatic carbocycles. The molecule has 0 radical (unpaired) electrons. The van der Waals surface area contributed by atoms with E-state index < -0.39 is 36.2 Å². The fraction of sp³-hybridized carbons (Fsp3) is 0.300. The minimum Gasteiger partial charge on any atom is -0.494 e. The van der Waals surface area contributed by atoms with Crippen LogP contribution in [-0.2, 0) is 6.54 Å². The first-order valence-corrected chi connectivity index (χ1v) is 9.61. The van der Waals surface area contributed by atoms with Crippen LogP contribution in [-0.4, -0.2) is 62.1 Å². The van der Waals surface area contributed by atoms with Gasteiger partial charge in [0.15, 0.2) is 23.0 Å². The average molecular weight is 465 g/mol. The van der Waals surface area contributed by atoms with Gasteiger partial charge >= 0.3 is 0 Å². The number of hydrogen-bond donors (Lipinski definition) is 3. The summed E-state index contributed by atoms with van der Waals surface area (Å²) in [7, 11) is 1.19. The first kappa shape index (κ1) is 22.6. The van der Waals surface area contributed by atoms with Crippen molar-refractivity contribution in [2.24, 2.45) is 10.7 Å². The maximum Gasteiger partial charge on any atom is 0.266 e. The number of nitrogens with two attached hydrogens (primary N) is 2. The van der Waals surface area contributed by atoms with Crippen molar-refractivity contribution < 1.29 is 27.4 Å². The SMILES string of the molecule is COc1cc(F)c(C2=NCC(N)([C@@H](O)C(F)F)C(Cn3cnc4c(N)ncnc43)=C2)cc1F. The lowest BCUT2D eigenvalue weighted by Crippen LogP contribution is -2.59. The third kappa shape index (κ3) is 3.89. The maximum absolute atomic E-state index is 14.6. The molecular formula is C20H19F4N7O2. The van der Waals surface area contributed by atoms with Crippen molar-refractivity contribution in [2.45, 2.75) is 24.6 Å². The monoisotopic (exact) mass is 465 g/mol. The van der Waals surface area contributed by atoms with E-state index >= 15 is 0 Å². The summed E-state index contributed by atoms with van der Waals surface area (Å²) in [6.07, 6.45) is -1.65. The number of aliphatic hydroxyl groups is 1. The van der Waals surface area contributed by atoms with E-state index in [4.69, 9.17) is 16.2 Å². The quantitative estimate of drug-likeness (QED) is 0.469. The molecule has 9 nitrogen and oxygen atoms in total. The molecule has 174 valence electrons. The molecule has 4 rings (SSSR count). The number of alkyl halides is 2. The van der Waals surface area contributed by atoms with Gasteiger partial charge in [0, 0.05) is 18.2 Å². The van der Waals surface area contributed by atoms with Gasteiger partial charge in [-0.1, -0.05) is 0 Å². The molecule has 0 fully saturated rings. The number of rotatable bonds is 6. The van der Waals surface area contributed by atoms with Crippen LogP contribution in [0.2, 0.25) is 0 Å². The summed E-state index contributed by atoms with van der Waals surface area (Å²) in [5, 5.41) is 10.2. The van der Waals surface area contributed by atoms with Gasteiger partial charge in [0.05, 0.1) is 31.2 Å². The van der Waals surface area contributed by atoms with E-state index in [2.05, 4.69) is 19.9 Å². The number of dihydropyridines is 1. The molecule has 33 heavy (non-hydrogen) atoms. The number of aliphatic imine (C=N–C) groups is 1. The molecule has 1 aliphatic rings. The number of fused-ring (bicyclic) bond motifs is 1. The van der Waals surface area contributed by atoms with Crippen LogP contribution < -0.4 is 16.2 Å². The highest BCUT2D eigenvalue weighted by molar-refractivity contribution is 6.10. The molecule has 2 atom stereocenters. The van der Waals surface area contributed by atoms with Gasteiger partial charge in [0.2, 0.25) is 0 Å². The third-order valence-corrected chi connectivity index (χ3v) is 5.47. The van der Waals surface area contributed by atoms with E-state index in [0.717, 1.165) is 12.1 Å². The molecule has 0 spiro atoms. The summed E-state index contributed by atoms with van der Waals surface area (Å²) in [5.74, 6) is -1.87. The van der Waals surface area contributed by atoms with E-state index in [1.54, 1.807) is 0 Å². The molecule has 0 saturated heterocycles. The molecule has 3 aromatic rings. The van der Waals surface area contributed by atoms with E-state index in [0.29, 0.717) is 5.65 Å². The van der Waals surface area contributed by atoms with Crippen molar-refractivity contribution in [1.29, 1.82) is 0 Å². The molecule has 0 saturated carbocycles. The van der Waals surface area contributed by atoms with Gasteiger partial charge in [-0.15, -0.1) is 0 Å². The first-order valence-electron chi connectivity index (χ1n) is 9.61. The van der Waals surface area contributed by atoms with Crippen LogP contribution in [0.5, 0.6) is 5.75 Å². The number of aromatic nitrogens is 4. The number of nitrogen functional groups attached to an aromatic ring is 1. The van der Waals surface area contributed by atoms with Crippen molar-refractivity contribution in [3.63, 3.8) is 0 Å².